The summed E-state index contributed by atoms with van der Waals surface area (Å²) >= 11 is 0. The van der Waals surface area contributed by atoms with Crippen molar-refractivity contribution in [2.75, 3.05) is 24.8 Å². The maximum atomic E-state index is 12.2. The molecule has 0 spiro atoms. The molecule has 4 heteroatoms. The summed E-state index contributed by atoms with van der Waals surface area (Å²) in [5.41, 5.74) is 8.31. The molecule has 0 saturated heterocycles. The average molecular weight is 284 g/mol. The fourth-order valence-electron chi connectivity index (χ4n) is 2.05. The number of methoxy groups -OCH3 is 1. The quantitative estimate of drug-likeness (QED) is 0.859. The lowest BCUT2D eigenvalue weighted by Crippen LogP contribution is -2.26. The summed E-state index contributed by atoms with van der Waals surface area (Å²) < 4.78 is 5.12. The van der Waals surface area contributed by atoms with E-state index in [-0.39, 0.29) is 5.91 Å². The fourth-order valence-corrected chi connectivity index (χ4v) is 2.05. The first kappa shape index (κ1) is 14.9. The van der Waals surface area contributed by atoms with E-state index >= 15 is 0 Å². The molecule has 4 nitrogen and oxygen atoms in total. The van der Waals surface area contributed by atoms with E-state index in [1.807, 2.05) is 36.4 Å². The summed E-state index contributed by atoms with van der Waals surface area (Å²) in [6.07, 6.45) is 1.18. The molecule has 0 fully saturated rings. The number of nitrogens with zero attached hydrogens (tertiary/aromatic N) is 1. The van der Waals surface area contributed by atoms with Gasteiger partial charge >= 0.3 is 0 Å². The Balaban J connectivity index is 1.92. The zero-order valence-electron chi connectivity index (χ0n) is 12.4. The normalized spacial score (nSPS) is 10.2. The smallest absolute Gasteiger partial charge is 0.227 e. The molecule has 0 aliphatic rings. The maximum absolute atomic E-state index is 12.2. The lowest BCUT2D eigenvalue weighted by Gasteiger charge is -2.17. The van der Waals surface area contributed by atoms with Crippen LogP contribution in [0.5, 0.6) is 5.75 Å². The third-order valence-corrected chi connectivity index (χ3v) is 3.44. The first-order valence-corrected chi connectivity index (χ1v) is 6.85. The third-order valence-electron chi connectivity index (χ3n) is 3.44. The highest BCUT2D eigenvalue weighted by molar-refractivity contribution is 5.93. The molecule has 0 aliphatic heterocycles. The Bertz CT molecular complexity index is 591. The van der Waals surface area contributed by atoms with Crippen molar-refractivity contribution in [3.05, 3.63) is 54.1 Å². The molecule has 0 heterocycles. The Kier molecular flexibility index (Phi) is 4.82. The lowest BCUT2D eigenvalue weighted by molar-refractivity contribution is -0.118. The second kappa shape index (κ2) is 6.79. The molecular weight excluding hydrogens is 264 g/mol. The van der Waals surface area contributed by atoms with Crippen molar-refractivity contribution in [1.29, 1.82) is 0 Å². The van der Waals surface area contributed by atoms with Gasteiger partial charge in [-0.25, -0.2) is 0 Å². The van der Waals surface area contributed by atoms with E-state index in [0.29, 0.717) is 18.5 Å². The van der Waals surface area contributed by atoms with Crippen LogP contribution in [-0.2, 0) is 11.2 Å². The van der Waals surface area contributed by atoms with Gasteiger partial charge < -0.3 is 15.4 Å². The molecule has 0 unspecified atom stereocenters. The largest absolute Gasteiger partial charge is 0.497 e. The van der Waals surface area contributed by atoms with Gasteiger partial charge in [0.05, 0.1) is 7.11 Å². The number of rotatable bonds is 5. The summed E-state index contributed by atoms with van der Waals surface area (Å²) in [7, 11) is 3.42. The molecule has 2 aromatic rings. The molecule has 0 bridgehead atoms. The number of carbonyl (C=O) groups excluding carboxylic acids is 1. The predicted molar refractivity (Wildman–Crippen MR) is 85.6 cm³/mol. The summed E-state index contributed by atoms with van der Waals surface area (Å²) in [5.74, 6) is 0.902. The molecule has 0 saturated carbocycles. The van der Waals surface area contributed by atoms with Gasteiger partial charge in [0.15, 0.2) is 0 Å². The van der Waals surface area contributed by atoms with Crippen LogP contribution in [-0.4, -0.2) is 20.1 Å². The van der Waals surface area contributed by atoms with Crippen LogP contribution in [0.15, 0.2) is 48.5 Å². The van der Waals surface area contributed by atoms with Gasteiger partial charge in [-0.2, -0.15) is 0 Å². The Hall–Kier alpha value is -2.49. The Morgan fingerprint density at radius 2 is 1.71 bits per heavy atom. The molecule has 2 aromatic carbocycles. The van der Waals surface area contributed by atoms with Gasteiger partial charge in [-0.15, -0.1) is 0 Å². The van der Waals surface area contributed by atoms with Gasteiger partial charge in [-0.05, 0) is 48.4 Å². The van der Waals surface area contributed by atoms with Crippen molar-refractivity contribution >= 4 is 17.3 Å². The highest BCUT2D eigenvalue weighted by Crippen LogP contribution is 2.17. The third kappa shape index (κ3) is 3.99. The van der Waals surface area contributed by atoms with Crippen molar-refractivity contribution in [3.8, 4) is 5.75 Å². The zero-order valence-corrected chi connectivity index (χ0v) is 12.4. The topological polar surface area (TPSA) is 55.6 Å². The first-order valence-electron chi connectivity index (χ1n) is 6.85. The minimum atomic E-state index is 0.0792. The van der Waals surface area contributed by atoms with Crippen molar-refractivity contribution in [2.45, 2.75) is 12.8 Å². The van der Waals surface area contributed by atoms with Gasteiger partial charge in [0.1, 0.15) is 5.75 Å². The van der Waals surface area contributed by atoms with Crippen molar-refractivity contribution in [3.63, 3.8) is 0 Å². The summed E-state index contributed by atoms with van der Waals surface area (Å²) in [6, 6.07) is 15.1. The molecule has 2 rings (SSSR count). The zero-order chi connectivity index (χ0) is 15.2. The number of anilines is 2. The van der Waals surface area contributed by atoms with E-state index in [0.717, 1.165) is 17.0 Å². The van der Waals surface area contributed by atoms with Gasteiger partial charge in [-0.3, -0.25) is 4.79 Å². The monoisotopic (exact) mass is 284 g/mol. The van der Waals surface area contributed by atoms with Crippen molar-refractivity contribution in [2.24, 2.45) is 0 Å². The molecule has 2 N–H and O–H groups in total. The molecule has 0 aromatic heterocycles. The van der Waals surface area contributed by atoms with E-state index in [4.69, 9.17) is 10.5 Å². The van der Waals surface area contributed by atoms with Crippen LogP contribution in [0.3, 0.4) is 0 Å². The number of benzene rings is 2. The number of hydrogen-bond acceptors (Lipinski definition) is 3. The first-order chi connectivity index (χ1) is 10.1. The van der Waals surface area contributed by atoms with Crippen LogP contribution in [0, 0.1) is 0 Å². The average Bonchev–Trinajstić information content (AvgIpc) is 2.53. The Labute approximate surface area is 125 Å². The van der Waals surface area contributed by atoms with E-state index in [2.05, 4.69) is 0 Å². The number of nitrogen functional groups attached to an aromatic ring is 1. The predicted octanol–water partition coefficient (Wildman–Crippen LogP) is 2.87. The van der Waals surface area contributed by atoms with Gasteiger partial charge in [-0.1, -0.05) is 12.1 Å². The number of ether oxygens (including phenoxy) is 1. The molecule has 21 heavy (non-hydrogen) atoms. The van der Waals surface area contributed by atoms with E-state index < -0.39 is 0 Å². The van der Waals surface area contributed by atoms with Crippen LogP contribution in [0.2, 0.25) is 0 Å². The number of carbonyl (C=O) groups is 1. The minimum Gasteiger partial charge on any atom is -0.497 e. The van der Waals surface area contributed by atoms with Crippen LogP contribution >= 0.6 is 0 Å². The SMILES string of the molecule is COc1ccc(CCC(=O)N(C)c2ccc(N)cc2)cc1. The number of amides is 1. The number of aryl methyl sites for hydroxylation is 1. The highest BCUT2D eigenvalue weighted by atomic mass is 16.5. The minimum absolute atomic E-state index is 0.0792. The number of nitrogens with two attached hydrogens (primary N) is 1. The molecule has 1 amide bonds. The standard InChI is InChI=1S/C17H20N2O2/c1-19(15-8-6-14(18)7-9-15)17(20)12-5-13-3-10-16(21-2)11-4-13/h3-4,6-11H,5,12,18H2,1-2H3. The number of hydrogen-bond donors (Lipinski definition) is 1. The lowest BCUT2D eigenvalue weighted by atomic mass is 10.1. The van der Waals surface area contributed by atoms with Crippen LogP contribution < -0.4 is 15.4 Å². The van der Waals surface area contributed by atoms with Gasteiger partial charge in [0, 0.05) is 24.8 Å². The van der Waals surface area contributed by atoms with Gasteiger partial charge in [0.25, 0.3) is 0 Å². The second-order valence-electron chi connectivity index (χ2n) is 4.89. The second-order valence-corrected chi connectivity index (χ2v) is 4.89. The van der Waals surface area contributed by atoms with Crippen LogP contribution in [0.1, 0.15) is 12.0 Å². The highest BCUT2D eigenvalue weighted by Gasteiger charge is 2.10. The summed E-state index contributed by atoms with van der Waals surface area (Å²) in [6.45, 7) is 0. The molecule has 0 radical (unpaired) electrons. The van der Waals surface area contributed by atoms with Crippen LogP contribution in [0.4, 0.5) is 11.4 Å². The summed E-state index contributed by atoms with van der Waals surface area (Å²) in [5, 5.41) is 0. The van der Waals surface area contributed by atoms with Crippen molar-refractivity contribution < 1.29 is 9.53 Å². The van der Waals surface area contributed by atoms with Gasteiger partial charge in [0.2, 0.25) is 5.91 Å². The molecule has 110 valence electrons. The fraction of sp³-hybridized carbons (Fsp3) is 0.235. The van der Waals surface area contributed by atoms with E-state index in [9.17, 15) is 4.79 Å². The maximum Gasteiger partial charge on any atom is 0.227 e. The molecular formula is C17H20N2O2. The Morgan fingerprint density at radius 1 is 1.10 bits per heavy atom. The molecule has 0 aliphatic carbocycles. The van der Waals surface area contributed by atoms with Crippen molar-refractivity contribution in [1.82, 2.24) is 0 Å². The van der Waals surface area contributed by atoms with E-state index in [1.165, 1.54) is 0 Å². The summed E-state index contributed by atoms with van der Waals surface area (Å²) in [4.78, 5) is 13.9. The van der Waals surface area contributed by atoms with E-state index in [1.54, 1.807) is 31.2 Å². The Morgan fingerprint density at radius 3 is 2.29 bits per heavy atom. The van der Waals surface area contributed by atoms with Crippen LogP contribution in [0.25, 0.3) is 0 Å². The molecule has 0 atom stereocenters.